The number of hydrogen-bond acceptors (Lipinski definition) is 7. The van der Waals surface area contributed by atoms with Crippen molar-refractivity contribution in [2.45, 2.75) is 200 Å². The summed E-state index contributed by atoms with van der Waals surface area (Å²) in [4.78, 5) is 50.4. The van der Waals surface area contributed by atoms with E-state index in [1.54, 1.807) is 0 Å². The molecule has 0 aromatic heterocycles. The van der Waals surface area contributed by atoms with E-state index < -0.39 is 17.4 Å². The van der Waals surface area contributed by atoms with E-state index >= 15 is 0 Å². The lowest BCUT2D eigenvalue weighted by Crippen LogP contribution is -2.41. The zero-order valence-corrected chi connectivity index (χ0v) is 37.9. The first-order chi connectivity index (χ1) is 30.4. The van der Waals surface area contributed by atoms with Crippen molar-refractivity contribution in [3.8, 4) is 0 Å². The van der Waals surface area contributed by atoms with Crippen LogP contribution in [0.3, 0.4) is 0 Å². The van der Waals surface area contributed by atoms with Gasteiger partial charge in [-0.2, -0.15) is 0 Å². The normalized spacial score (nSPS) is 11.3. The molecule has 0 saturated carbocycles. The van der Waals surface area contributed by atoms with Gasteiger partial charge >= 0.3 is 23.9 Å². The highest BCUT2D eigenvalue weighted by atomic mass is 16.5. The number of aliphatic carboxylic acids is 1. The molecule has 62 heavy (non-hydrogen) atoms. The molecule has 0 atom stereocenters. The molecule has 0 spiro atoms. The number of hydrogen-bond donors (Lipinski definition) is 1. The fraction of sp³-hybridized carbons (Fsp3) is 0.593. The molecule has 0 heterocycles. The average Bonchev–Trinajstić information content (AvgIpc) is 3.29. The summed E-state index contributed by atoms with van der Waals surface area (Å²) < 4.78 is 16.4. The molecule has 0 fully saturated rings. The van der Waals surface area contributed by atoms with Gasteiger partial charge in [0, 0.05) is 12.8 Å². The van der Waals surface area contributed by atoms with Crippen LogP contribution in [0.25, 0.3) is 0 Å². The third kappa shape index (κ3) is 24.2. The van der Waals surface area contributed by atoms with Crippen LogP contribution in [0.1, 0.15) is 196 Å². The van der Waals surface area contributed by atoms with Crippen LogP contribution in [-0.2, 0) is 53.2 Å². The SMILES string of the molecule is O=C(CCCCCCCCCCCCCCC(CCCCCCCCCCCCCCC(=O)OCc1ccccc1)(C(=O)O)C(=O)OCc1ccccc1)OCc1ccccc1. The number of rotatable bonds is 38. The van der Waals surface area contributed by atoms with Crippen LogP contribution in [0.4, 0.5) is 0 Å². The zero-order chi connectivity index (χ0) is 44.2. The number of unbranched alkanes of at least 4 members (excludes halogenated alkanes) is 22. The third-order valence-electron chi connectivity index (χ3n) is 12.0. The van der Waals surface area contributed by atoms with Gasteiger partial charge in [-0.3, -0.25) is 19.2 Å². The van der Waals surface area contributed by atoms with Gasteiger partial charge in [0.05, 0.1) is 0 Å². The molecule has 0 unspecified atom stereocenters. The lowest BCUT2D eigenvalue weighted by molar-refractivity contribution is -0.171. The van der Waals surface area contributed by atoms with E-state index in [1.165, 1.54) is 64.2 Å². The number of benzene rings is 3. The van der Waals surface area contributed by atoms with E-state index in [4.69, 9.17) is 14.2 Å². The Morgan fingerprint density at radius 3 is 0.903 bits per heavy atom. The first-order valence-corrected chi connectivity index (χ1v) is 24.2. The number of ether oxygens (including phenoxy) is 3. The van der Waals surface area contributed by atoms with Gasteiger partial charge in [0.15, 0.2) is 5.41 Å². The van der Waals surface area contributed by atoms with Crippen molar-refractivity contribution in [1.82, 2.24) is 0 Å². The molecule has 1 N–H and O–H groups in total. The van der Waals surface area contributed by atoms with E-state index in [-0.39, 0.29) is 18.5 Å². The third-order valence-corrected chi connectivity index (χ3v) is 12.0. The van der Waals surface area contributed by atoms with Crippen molar-refractivity contribution in [2.24, 2.45) is 5.41 Å². The van der Waals surface area contributed by atoms with Gasteiger partial charge in [0.1, 0.15) is 19.8 Å². The number of carboxylic acids is 1. The van der Waals surface area contributed by atoms with E-state index in [1.807, 2.05) is 91.0 Å². The molecule has 0 aliphatic rings. The summed E-state index contributed by atoms with van der Waals surface area (Å²) in [6, 6.07) is 29.0. The van der Waals surface area contributed by atoms with Crippen LogP contribution >= 0.6 is 0 Å². The van der Waals surface area contributed by atoms with Crippen LogP contribution < -0.4 is 0 Å². The molecule has 0 radical (unpaired) electrons. The second-order valence-corrected chi connectivity index (χ2v) is 17.2. The molecular formula is C54H78O8. The Morgan fingerprint density at radius 2 is 0.613 bits per heavy atom. The Kier molecular flexibility index (Phi) is 28.5. The highest BCUT2D eigenvalue weighted by Crippen LogP contribution is 2.35. The quantitative estimate of drug-likeness (QED) is 0.0262. The molecule has 3 rings (SSSR count). The molecule has 0 bridgehead atoms. The van der Waals surface area contributed by atoms with Crippen molar-refractivity contribution in [3.05, 3.63) is 108 Å². The maximum absolute atomic E-state index is 13.5. The van der Waals surface area contributed by atoms with Crippen molar-refractivity contribution in [2.75, 3.05) is 0 Å². The summed E-state index contributed by atoms with van der Waals surface area (Å²) in [5, 5.41) is 10.5. The van der Waals surface area contributed by atoms with Crippen molar-refractivity contribution in [1.29, 1.82) is 0 Å². The minimum absolute atomic E-state index is 0.0857. The van der Waals surface area contributed by atoms with E-state index in [9.17, 15) is 24.3 Å². The summed E-state index contributed by atoms with van der Waals surface area (Å²) in [6.45, 7) is 0.776. The first-order valence-electron chi connectivity index (χ1n) is 24.2. The minimum Gasteiger partial charge on any atom is -0.480 e. The topological polar surface area (TPSA) is 116 Å². The summed E-state index contributed by atoms with van der Waals surface area (Å²) >= 11 is 0. The van der Waals surface area contributed by atoms with Gasteiger partial charge in [-0.25, -0.2) is 0 Å². The summed E-state index contributed by atoms with van der Waals surface area (Å²) in [7, 11) is 0. The van der Waals surface area contributed by atoms with Gasteiger partial charge in [-0.05, 0) is 42.4 Å². The Hall–Kier alpha value is -4.46. The van der Waals surface area contributed by atoms with Crippen LogP contribution in [0, 0.1) is 5.41 Å². The molecule has 3 aromatic rings. The molecule has 3 aromatic carbocycles. The van der Waals surface area contributed by atoms with Crippen molar-refractivity contribution < 1.29 is 38.5 Å². The van der Waals surface area contributed by atoms with Crippen LogP contribution in [-0.4, -0.2) is 29.0 Å². The van der Waals surface area contributed by atoms with Gasteiger partial charge in [0.25, 0.3) is 0 Å². The maximum Gasteiger partial charge on any atom is 0.323 e. The molecule has 8 heteroatoms. The fourth-order valence-corrected chi connectivity index (χ4v) is 8.04. The Bertz CT molecular complexity index is 1510. The minimum atomic E-state index is -1.50. The lowest BCUT2D eigenvalue weighted by atomic mass is 9.77. The van der Waals surface area contributed by atoms with Gasteiger partial charge in [-0.1, -0.05) is 232 Å². The molecule has 342 valence electrons. The summed E-state index contributed by atoms with van der Waals surface area (Å²) in [6.07, 6.45) is 27.3. The van der Waals surface area contributed by atoms with Gasteiger partial charge in [-0.15, -0.1) is 0 Å². The second kappa shape index (κ2) is 34.1. The monoisotopic (exact) mass is 855 g/mol. The van der Waals surface area contributed by atoms with Crippen LogP contribution in [0.15, 0.2) is 91.0 Å². The number of esters is 3. The highest BCUT2D eigenvalue weighted by Gasteiger charge is 2.46. The molecule has 0 aliphatic heterocycles. The smallest absolute Gasteiger partial charge is 0.323 e. The summed E-state index contributed by atoms with van der Waals surface area (Å²) in [5.41, 5.74) is 1.38. The van der Waals surface area contributed by atoms with E-state index in [0.29, 0.717) is 51.7 Å². The second-order valence-electron chi connectivity index (χ2n) is 17.2. The predicted molar refractivity (Wildman–Crippen MR) is 248 cm³/mol. The van der Waals surface area contributed by atoms with E-state index in [0.717, 1.165) is 93.7 Å². The Balaban J connectivity index is 1.21. The Labute approximate surface area is 373 Å². The average molecular weight is 855 g/mol. The summed E-state index contributed by atoms with van der Waals surface area (Å²) in [5.74, 6) is -1.89. The highest BCUT2D eigenvalue weighted by molar-refractivity contribution is 5.99. The standard InChI is InChI=1S/C54H78O8/c55-50(60-44-47-34-24-21-25-35-47)40-30-17-13-9-5-1-3-7-11-15-19-32-42-54(52(57)58,53(59)62-46-49-38-28-23-29-39-49)43-33-20-16-12-8-4-2-6-10-14-18-31-41-51(56)61-45-48-36-26-22-27-37-48/h21-29,34-39H,1-20,30-33,40-46H2,(H,57,58). The van der Waals surface area contributed by atoms with Crippen molar-refractivity contribution >= 4 is 23.9 Å². The zero-order valence-electron chi connectivity index (χ0n) is 37.9. The maximum atomic E-state index is 13.5. The number of carbonyl (C=O) groups is 4. The molecule has 8 nitrogen and oxygen atoms in total. The lowest BCUT2D eigenvalue weighted by Gasteiger charge is -2.27. The van der Waals surface area contributed by atoms with Gasteiger partial charge in [0.2, 0.25) is 0 Å². The molecule has 0 saturated heterocycles. The van der Waals surface area contributed by atoms with Gasteiger partial charge < -0.3 is 19.3 Å². The first kappa shape index (κ1) is 51.9. The number of carbonyl (C=O) groups excluding carboxylic acids is 3. The molecule has 0 amide bonds. The largest absolute Gasteiger partial charge is 0.480 e. The predicted octanol–water partition coefficient (Wildman–Crippen LogP) is 14.2. The molecular weight excluding hydrogens is 777 g/mol. The fourth-order valence-electron chi connectivity index (χ4n) is 8.04. The number of carboxylic acid groups (broad SMARTS) is 1. The van der Waals surface area contributed by atoms with Crippen LogP contribution in [0.2, 0.25) is 0 Å². The molecule has 0 aliphatic carbocycles. The van der Waals surface area contributed by atoms with E-state index in [2.05, 4.69) is 0 Å². The van der Waals surface area contributed by atoms with Crippen molar-refractivity contribution in [3.63, 3.8) is 0 Å². The van der Waals surface area contributed by atoms with Crippen LogP contribution in [0.5, 0.6) is 0 Å². The Morgan fingerprint density at radius 1 is 0.355 bits per heavy atom.